The van der Waals surface area contributed by atoms with Gasteiger partial charge in [0.1, 0.15) is 0 Å². The maximum atomic E-state index is 12.7. The highest BCUT2D eigenvalue weighted by Gasteiger charge is 2.32. The molecule has 0 spiro atoms. The molecule has 18 heavy (non-hydrogen) atoms. The summed E-state index contributed by atoms with van der Waals surface area (Å²) in [4.78, 5) is 0. The van der Waals surface area contributed by atoms with Crippen LogP contribution in [0.2, 0.25) is 0 Å². The summed E-state index contributed by atoms with van der Waals surface area (Å²) in [5.41, 5.74) is -0.226. The molecular weight excluding hydrogens is 239 g/mol. The van der Waals surface area contributed by atoms with Gasteiger partial charge in [-0.3, -0.25) is 0 Å². The number of benzene rings is 1. The Kier molecular flexibility index (Phi) is 5.66. The Balaban J connectivity index is 2.47. The first kappa shape index (κ1) is 15.0. The highest BCUT2D eigenvalue weighted by atomic mass is 19.4. The van der Waals surface area contributed by atoms with Crippen LogP contribution in [0.15, 0.2) is 24.3 Å². The van der Waals surface area contributed by atoms with Crippen molar-refractivity contribution in [1.29, 1.82) is 0 Å². The van der Waals surface area contributed by atoms with E-state index in [1.54, 1.807) is 6.07 Å². The molecular formula is C14H20F3N. The van der Waals surface area contributed by atoms with E-state index in [4.69, 9.17) is 0 Å². The lowest BCUT2D eigenvalue weighted by atomic mass is 10.1. The summed E-state index contributed by atoms with van der Waals surface area (Å²) in [7, 11) is 0. The fourth-order valence-electron chi connectivity index (χ4n) is 1.81. The summed E-state index contributed by atoms with van der Waals surface area (Å²) in [6.07, 6.45) is -2.18. The second-order valence-electron chi connectivity index (χ2n) is 4.87. The van der Waals surface area contributed by atoms with E-state index in [9.17, 15) is 13.2 Å². The first-order chi connectivity index (χ1) is 8.41. The van der Waals surface area contributed by atoms with Crippen LogP contribution in [0.1, 0.15) is 37.8 Å². The zero-order valence-electron chi connectivity index (χ0n) is 10.8. The lowest BCUT2D eigenvalue weighted by Crippen LogP contribution is -2.18. The van der Waals surface area contributed by atoms with Gasteiger partial charge >= 0.3 is 6.18 Å². The van der Waals surface area contributed by atoms with Gasteiger partial charge < -0.3 is 5.32 Å². The van der Waals surface area contributed by atoms with Crippen LogP contribution in [0, 0.1) is 5.92 Å². The second-order valence-corrected chi connectivity index (χ2v) is 4.87. The summed E-state index contributed by atoms with van der Waals surface area (Å²) < 4.78 is 38.1. The molecule has 0 aliphatic rings. The molecule has 0 radical (unpaired) electrons. The van der Waals surface area contributed by atoms with Crippen LogP contribution in [0.25, 0.3) is 0 Å². The molecule has 102 valence electrons. The predicted molar refractivity (Wildman–Crippen MR) is 67.2 cm³/mol. The van der Waals surface area contributed by atoms with Crippen LogP contribution in [0.3, 0.4) is 0 Å². The van der Waals surface area contributed by atoms with E-state index >= 15 is 0 Å². The van der Waals surface area contributed by atoms with Crippen LogP contribution >= 0.6 is 0 Å². The second kappa shape index (κ2) is 6.78. The Labute approximate surface area is 106 Å². The number of halogens is 3. The Bertz CT molecular complexity index is 358. The van der Waals surface area contributed by atoms with E-state index in [0.29, 0.717) is 11.5 Å². The van der Waals surface area contributed by atoms with Gasteiger partial charge in [0.15, 0.2) is 0 Å². The van der Waals surface area contributed by atoms with Crippen LogP contribution in [-0.2, 0) is 12.7 Å². The quantitative estimate of drug-likeness (QED) is 0.754. The Morgan fingerprint density at radius 3 is 2.44 bits per heavy atom. The minimum absolute atomic E-state index is 0.272. The minimum Gasteiger partial charge on any atom is -0.313 e. The summed E-state index contributed by atoms with van der Waals surface area (Å²) in [6.45, 7) is 5.30. The molecule has 1 rings (SSSR count). The monoisotopic (exact) mass is 259 g/mol. The summed E-state index contributed by atoms with van der Waals surface area (Å²) in [5, 5.41) is 3.07. The van der Waals surface area contributed by atoms with Crippen molar-refractivity contribution in [3.8, 4) is 0 Å². The van der Waals surface area contributed by atoms with Gasteiger partial charge in [-0.2, -0.15) is 13.2 Å². The number of hydrogen-bond acceptors (Lipinski definition) is 1. The molecule has 0 aromatic heterocycles. The number of hydrogen-bond donors (Lipinski definition) is 1. The van der Waals surface area contributed by atoms with Crippen molar-refractivity contribution in [2.24, 2.45) is 5.92 Å². The number of rotatable bonds is 6. The minimum atomic E-state index is -4.27. The molecule has 1 aromatic carbocycles. The van der Waals surface area contributed by atoms with Gasteiger partial charge in [0, 0.05) is 6.54 Å². The molecule has 0 unspecified atom stereocenters. The molecule has 0 aliphatic heterocycles. The molecule has 1 nitrogen and oxygen atoms in total. The van der Waals surface area contributed by atoms with Crippen LogP contribution in [0.5, 0.6) is 0 Å². The van der Waals surface area contributed by atoms with Crippen LogP contribution in [0.4, 0.5) is 13.2 Å². The number of alkyl halides is 3. The first-order valence-electron chi connectivity index (χ1n) is 6.27. The van der Waals surface area contributed by atoms with Gasteiger partial charge in [0.25, 0.3) is 0 Å². The standard InChI is InChI=1S/C14H20F3N/c1-11(2)6-5-9-18-10-12-7-3-4-8-13(12)14(15,16)17/h3-4,7-8,11,18H,5-6,9-10H2,1-2H3. The smallest absolute Gasteiger partial charge is 0.313 e. The summed E-state index contributed by atoms with van der Waals surface area (Å²) >= 11 is 0. The summed E-state index contributed by atoms with van der Waals surface area (Å²) in [5.74, 6) is 0.634. The molecule has 0 fully saturated rings. The molecule has 0 heterocycles. The Morgan fingerprint density at radius 2 is 1.83 bits per heavy atom. The zero-order valence-corrected chi connectivity index (χ0v) is 10.8. The third-order valence-electron chi connectivity index (χ3n) is 2.77. The van der Waals surface area contributed by atoms with E-state index in [1.165, 1.54) is 12.1 Å². The molecule has 4 heteroatoms. The van der Waals surface area contributed by atoms with Crippen molar-refractivity contribution in [2.45, 2.75) is 39.4 Å². The van der Waals surface area contributed by atoms with E-state index in [-0.39, 0.29) is 6.54 Å². The lowest BCUT2D eigenvalue weighted by Gasteiger charge is -2.13. The van der Waals surface area contributed by atoms with E-state index in [2.05, 4.69) is 19.2 Å². The molecule has 0 atom stereocenters. The maximum absolute atomic E-state index is 12.7. The van der Waals surface area contributed by atoms with Crippen molar-refractivity contribution in [3.05, 3.63) is 35.4 Å². The molecule has 0 amide bonds. The van der Waals surface area contributed by atoms with Crippen molar-refractivity contribution >= 4 is 0 Å². The van der Waals surface area contributed by atoms with Crippen LogP contribution in [-0.4, -0.2) is 6.54 Å². The summed E-state index contributed by atoms with van der Waals surface area (Å²) in [6, 6.07) is 5.72. The Hall–Kier alpha value is -1.03. The molecule has 0 aliphatic carbocycles. The molecule has 0 saturated heterocycles. The van der Waals surface area contributed by atoms with E-state index in [1.807, 2.05) is 0 Å². The lowest BCUT2D eigenvalue weighted by molar-refractivity contribution is -0.138. The van der Waals surface area contributed by atoms with Crippen molar-refractivity contribution in [3.63, 3.8) is 0 Å². The number of nitrogens with one attached hydrogen (secondary N) is 1. The van der Waals surface area contributed by atoms with Gasteiger partial charge in [-0.25, -0.2) is 0 Å². The van der Waals surface area contributed by atoms with Gasteiger partial charge in [-0.05, 0) is 36.9 Å². The maximum Gasteiger partial charge on any atom is 0.416 e. The van der Waals surface area contributed by atoms with Crippen molar-refractivity contribution in [2.75, 3.05) is 6.54 Å². The van der Waals surface area contributed by atoms with Crippen LogP contribution < -0.4 is 5.32 Å². The third kappa shape index (κ3) is 5.08. The fraction of sp³-hybridized carbons (Fsp3) is 0.571. The highest BCUT2D eigenvalue weighted by Crippen LogP contribution is 2.31. The van der Waals surface area contributed by atoms with Crippen molar-refractivity contribution < 1.29 is 13.2 Å². The average molecular weight is 259 g/mol. The van der Waals surface area contributed by atoms with Crippen molar-refractivity contribution in [1.82, 2.24) is 5.32 Å². The van der Waals surface area contributed by atoms with Gasteiger partial charge in [-0.1, -0.05) is 32.0 Å². The molecule has 0 bridgehead atoms. The topological polar surface area (TPSA) is 12.0 Å². The normalized spacial score (nSPS) is 12.1. The molecule has 1 N–H and O–H groups in total. The molecule has 0 saturated carbocycles. The zero-order chi connectivity index (χ0) is 13.6. The van der Waals surface area contributed by atoms with Gasteiger partial charge in [0.05, 0.1) is 5.56 Å². The van der Waals surface area contributed by atoms with Gasteiger partial charge in [0.2, 0.25) is 0 Å². The largest absolute Gasteiger partial charge is 0.416 e. The van der Waals surface area contributed by atoms with Gasteiger partial charge in [-0.15, -0.1) is 0 Å². The van der Waals surface area contributed by atoms with E-state index in [0.717, 1.165) is 25.5 Å². The molecule has 1 aromatic rings. The first-order valence-corrected chi connectivity index (χ1v) is 6.27. The average Bonchev–Trinajstić information content (AvgIpc) is 2.27. The third-order valence-corrected chi connectivity index (χ3v) is 2.77. The predicted octanol–water partition coefficient (Wildman–Crippen LogP) is 4.23. The Morgan fingerprint density at radius 1 is 1.17 bits per heavy atom. The fourth-order valence-corrected chi connectivity index (χ4v) is 1.81. The van der Waals surface area contributed by atoms with E-state index < -0.39 is 11.7 Å². The SMILES string of the molecule is CC(C)CCCNCc1ccccc1C(F)(F)F. The highest BCUT2D eigenvalue weighted by molar-refractivity contribution is 5.29.